The molecule has 0 fully saturated rings. The molecule has 0 saturated heterocycles. The Kier molecular flexibility index (Phi) is 5.49. The highest BCUT2D eigenvalue weighted by Crippen LogP contribution is 2.16. The van der Waals surface area contributed by atoms with Crippen LogP contribution in [0.2, 0.25) is 0 Å². The minimum atomic E-state index is 0.0948. The van der Waals surface area contributed by atoms with Crippen LogP contribution in [0.3, 0.4) is 0 Å². The summed E-state index contributed by atoms with van der Waals surface area (Å²) >= 11 is 0. The highest BCUT2D eigenvalue weighted by Gasteiger charge is 2.20. The summed E-state index contributed by atoms with van der Waals surface area (Å²) in [6, 6.07) is 10.0. The zero-order valence-corrected chi connectivity index (χ0v) is 11.5. The number of para-hydroxylation sites is 1. The molecule has 0 aliphatic rings. The van der Waals surface area contributed by atoms with Crippen molar-refractivity contribution in [2.24, 2.45) is 0 Å². The Morgan fingerprint density at radius 1 is 1.18 bits per heavy atom. The first-order chi connectivity index (χ1) is 8.07. The van der Waals surface area contributed by atoms with Gasteiger partial charge in [0.1, 0.15) is 5.75 Å². The molecule has 2 nitrogen and oxygen atoms in total. The quantitative estimate of drug-likeness (QED) is 0.722. The molecule has 0 bridgehead atoms. The maximum Gasteiger partial charge on any atom is 0.150 e. The van der Waals surface area contributed by atoms with E-state index in [4.69, 9.17) is 4.74 Å². The zero-order chi connectivity index (χ0) is 12.7. The molecule has 17 heavy (non-hydrogen) atoms. The van der Waals surface area contributed by atoms with Crippen LogP contribution in [-0.4, -0.2) is 11.8 Å². The van der Waals surface area contributed by atoms with Gasteiger partial charge in [-0.15, -0.1) is 0 Å². The minimum absolute atomic E-state index is 0.0948. The maximum absolute atomic E-state index is 5.98. The van der Waals surface area contributed by atoms with Crippen LogP contribution in [-0.2, 0) is 0 Å². The minimum Gasteiger partial charge on any atom is -0.475 e. The first-order valence-electron chi connectivity index (χ1n) is 6.57. The van der Waals surface area contributed by atoms with E-state index >= 15 is 0 Å². The van der Waals surface area contributed by atoms with Gasteiger partial charge in [-0.25, -0.2) is 0 Å². The van der Waals surface area contributed by atoms with Crippen molar-refractivity contribution < 1.29 is 4.74 Å². The Balaban J connectivity index is 2.60. The fourth-order valence-corrected chi connectivity index (χ4v) is 1.62. The molecule has 0 heterocycles. The van der Waals surface area contributed by atoms with Gasteiger partial charge in [0.15, 0.2) is 6.23 Å². The Labute approximate surface area is 105 Å². The molecule has 0 radical (unpaired) electrons. The summed E-state index contributed by atoms with van der Waals surface area (Å²) in [6.45, 7) is 8.80. The van der Waals surface area contributed by atoms with Crippen molar-refractivity contribution in [3.8, 4) is 5.75 Å². The van der Waals surface area contributed by atoms with Crippen LogP contribution in [0.5, 0.6) is 5.75 Å². The fraction of sp³-hybridized carbons (Fsp3) is 0.600. The van der Waals surface area contributed by atoms with Gasteiger partial charge >= 0.3 is 0 Å². The summed E-state index contributed by atoms with van der Waals surface area (Å²) in [4.78, 5) is 0. The second kappa shape index (κ2) is 6.65. The van der Waals surface area contributed by atoms with Gasteiger partial charge in [-0.05, 0) is 38.8 Å². The van der Waals surface area contributed by atoms with Crippen LogP contribution in [0, 0.1) is 0 Å². The summed E-state index contributed by atoms with van der Waals surface area (Å²) in [5, 5.41) is 3.57. The molecule has 96 valence electrons. The highest BCUT2D eigenvalue weighted by atomic mass is 16.5. The van der Waals surface area contributed by atoms with Gasteiger partial charge < -0.3 is 4.74 Å². The number of hydrogen-bond acceptors (Lipinski definition) is 2. The van der Waals surface area contributed by atoms with Crippen molar-refractivity contribution >= 4 is 0 Å². The maximum atomic E-state index is 5.98. The number of rotatable bonds is 7. The molecular formula is C15H25NO. The van der Waals surface area contributed by atoms with Crippen LogP contribution in [0.15, 0.2) is 30.3 Å². The lowest BCUT2D eigenvalue weighted by molar-refractivity contribution is 0.114. The first kappa shape index (κ1) is 14.0. The molecule has 0 amide bonds. The van der Waals surface area contributed by atoms with Gasteiger partial charge in [0, 0.05) is 5.54 Å². The summed E-state index contributed by atoms with van der Waals surface area (Å²) in [7, 11) is 0. The summed E-state index contributed by atoms with van der Waals surface area (Å²) in [5.74, 6) is 0.936. The lowest BCUT2D eigenvalue weighted by Gasteiger charge is -2.31. The van der Waals surface area contributed by atoms with Crippen molar-refractivity contribution in [2.45, 2.75) is 58.7 Å². The van der Waals surface area contributed by atoms with E-state index in [1.807, 2.05) is 30.3 Å². The third-order valence-electron chi connectivity index (χ3n) is 3.01. The van der Waals surface area contributed by atoms with E-state index in [2.05, 4.69) is 33.0 Å². The molecule has 1 aromatic rings. The molecule has 1 unspecified atom stereocenters. The lowest BCUT2D eigenvalue weighted by Crippen LogP contribution is -2.48. The second-order valence-electron chi connectivity index (χ2n) is 5.09. The zero-order valence-electron chi connectivity index (χ0n) is 11.5. The SMILES string of the molecule is CCCC(NC(C)(C)CC)Oc1ccccc1. The van der Waals surface area contributed by atoms with Crippen LogP contribution >= 0.6 is 0 Å². The van der Waals surface area contributed by atoms with Gasteiger partial charge in [-0.2, -0.15) is 0 Å². The van der Waals surface area contributed by atoms with E-state index in [0.29, 0.717) is 0 Å². The summed E-state index contributed by atoms with van der Waals surface area (Å²) in [6.07, 6.45) is 3.32. The van der Waals surface area contributed by atoms with Gasteiger partial charge in [0.2, 0.25) is 0 Å². The molecular weight excluding hydrogens is 210 g/mol. The van der Waals surface area contributed by atoms with Crippen molar-refractivity contribution in [1.82, 2.24) is 5.32 Å². The van der Waals surface area contributed by atoms with Crippen molar-refractivity contribution in [1.29, 1.82) is 0 Å². The third-order valence-corrected chi connectivity index (χ3v) is 3.01. The van der Waals surface area contributed by atoms with Crippen LogP contribution in [0.1, 0.15) is 47.0 Å². The number of nitrogens with one attached hydrogen (secondary N) is 1. The lowest BCUT2D eigenvalue weighted by atomic mass is 10.0. The Morgan fingerprint density at radius 2 is 1.82 bits per heavy atom. The standard InChI is InChI=1S/C15H25NO/c1-5-10-14(16-15(3,4)6-2)17-13-11-8-7-9-12-13/h7-9,11-12,14,16H,5-6,10H2,1-4H3. The van der Waals surface area contributed by atoms with E-state index in [-0.39, 0.29) is 11.8 Å². The van der Waals surface area contributed by atoms with Crippen LogP contribution in [0.4, 0.5) is 0 Å². The van der Waals surface area contributed by atoms with Crippen molar-refractivity contribution in [3.63, 3.8) is 0 Å². The molecule has 2 heteroatoms. The van der Waals surface area contributed by atoms with Gasteiger partial charge in [0.25, 0.3) is 0 Å². The molecule has 1 atom stereocenters. The van der Waals surface area contributed by atoms with Crippen molar-refractivity contribution in [3.05, 3.63) is 30.3 Å². The van der Waals surface area contributed by atoms with Crippen LogP contribution < -0.4 is 10.1 Å². The third kappa shape index (κ3) is 5.22. The van der Waals surface area contributed by atoms with E-state index in [0.717, 1.165) is 25.0 Å². The monoisotopic (exact) mass is 235 g/mol. The Hall–Kier alpha value is -1.02. The summed E-state index contributed by atoms with van der Waals surface area (Å²) in [5.41, 5.74) is 0.120. The fourth-order valence-electron chi connectivity index (χ4n) is 1.62. The van der Waals surface area contributed by atoms with E-state index in [9.17, 15) is 0 Å². The van der Waals surface area contributed by atoms with Crippen molar-refractivity contribution in [2.75, 3.05) is 0 Å². The largest absolute Gasteiger partial charge is 0.475 e. The second-order valence-corrected chi connectivity index (χ2v) is 5.09. The van der Waals surface area contributed by atoms with E-state index in [1.54, 1.807) is 0 Å². The molecule has 1 N–H and O–H groups in total. The average molecular weight is 235 g/mol. The van der Waals surface area contributed by atoms with Gasteiger partial charge in [-0.3, -0.25) is 5.32 Å². The topological polar surface area (TPSA) is 21.3 Å². The van der Waals surface area contributed by atoms with Crippen LogP contribution in [0.25, 0.3) is 0 Å². The predicted molar refractivity (Wildman–Crippen MR) is 73.3 cm³/mol. The molecule has 0 saturated carbocycles. The summed E-state index contributed by atoms with van der Waals surface area (Å²) < 4.78 is 5.98. The number of hydrogen-bond donors (Lipinski definition) is 1. The first-order valence-corrected chi connectivity index (χ1v) is 6.57. The van der Waals surface area contributed by atoms with E-state index < -0.39 is 0 Å². The highest BCUT2D eigenvalue weighted by molar-refractivity contribution is 5.21. The molecule has 1 aromatic carbocycles. The number of ether oxygens (including phenoxy) is 1. The van der Waals surface area contributed by atoms with E-state index in [1.165, 1.54) is 0 Å². The normalized spacial score (nSPS) is 13.4. The molecule has 0 aromatic heterocycles. The smallest absolute Gasteiger partial charge is 0.150 e. The molecule has 0 spiro atoms. The molecule has 1 rings (SSSR count). The Bertz CT molecular complexity index is 308. The molecule has 0 aliphatic heterocycles. The van der Waals surface area contributed by atoms with Gasteiger partial charge in [-0.1, -0.05) is 38.5 Å². The Morgan fingerprint density at radius 3 is 2.35 bits per heavy atom. The number of benzene rings is 1. The average Bonchev–Trinajstić information content (AvgIpc) is 2.30. The molecule has 0 aliphatic carbocycles. The predicted octanol–water partition coefficient (Wildman–Crippen LogP) is 3.97. The van der Waals surface area contributed by atoms with Gasteiger partial charge in [0.05, 0.1) is 0 Å².